The Morgan fingerprint density at radius 1 is 1.17 bits per heavy atom. The molecule has 0 spiro atoms. The van der Waals surface area contributed by atoms with Crippen LogP contribution in [0.15, 0.2) is 18.2 Å². The number of piperidine rings is 1. The minimum atomic E-state index is -4.06. The van der Waals surface area contributed by atoms with Gasteiger partial charge in [-0.05, 0) is 30.9 Å². The number of carbonyl (C=O) groups is 1. The molecule has 2 aliphatic heterocycles. The van der Waals surface area contributed by atoms with Crippen LogP contribution in [0.5, 0.6) is 5.75 Å². The Hall–Kier alpha value is -1.99. The molecule has 12 heteroatoms. The molecule has 0 unspecified atom stereocenters. The van der Waals surface area contributed by atoms with Gasteiger partial charge < -0.3 is 19.3 Å². The predicted octanol–water partition coefficient (Wildman–Crippen LogP) is 1.30. The molecule has 1 amide bonds. The highest BCUT2D eigenvalue weighted by molar-refractivity contribution is 7.91. The molecule has 2 saturated heterocycles. The van der Waals surface area contributed by atoms with Crippen molar-refractivity contribution in [3.63, 3.8) is 0 Å². The second-order valence-corrected chi connectivity index (χ2v) is 11.7. The first-order valence-corrected chi connectivity index (χ1v) is 13.4. The smallest absolute Gasteiger partial charge is 0.266 e. The van der Waals surface area contributed by atoms with Crippen LogP contribution in [0.25, 0.3) is 0 Å². The molecule has 2 aliphatic rings. The zero-order valence-electron chi connectivity index (χ0n) is 20.7. The molecule has 0 saturated carbocycles. The Bertz CT molecular complexity index is 961. The fraction of sp³-hybridized carbons (Fsp3) is 0.696. The third kappa shape index (κ3) is 6.05. The van der Waals surface area contributed by atoms with E-state index >= 15 is 0 Å². The first-order valence-electron chi connectivity index (χ1n) is 12.0. The van der Waals surface area contributed by atoms with E-state index < -0.39 is 26.5 Å². The monoisotopic (exact) mass is 516 g/mol. The number of likely N-dealkylation sites (tertiary alicyclic amines) is 1. The van der Waals surface area contributed by atoms with Crippen LogP contribution in [0.3, 0.4) is 0 Å². The largest absolute Gasteiger partial charge is 0.490 e. The Morgan fingerprint density at radius 3 is 2.37 bits per heavy atom. The molecule has 1 aromatic carbocycles. The number of ether oxygens (including phenoxy) is 2. The highest BCUT2D eigenvalue weighted by Crippen LogP contribution is 2.35. The topological polar surface area (TPSA) is 112 Å². The van der Waals surface area contributed by atoms with Gasteiger partial charge in [-0.2, -0.15) is 4.31 Å². The minimum Gasteiger partial charge on any atom is -0.490 e. The Morgan fingerprint density at radius 2 is 1.83 bits per heavy atom. The summed E-state index contributed by atoms with van der Waals surface area (Å²) in [6, 6.07) is 4.75. The fourth-order valence-corrected chi connectivity index (χ4v) is 6.67. The number of rotatable bonds is 10. The van der Waals surface area contributed by atoms with Crippen LogP contribution in [0.1, 0.15) is 26.7 Å². The molecule has 10 nitrogen and oxygen atoms in total. The highest BCUT2D eigenvalue weighted by atomic mass is 32.2. The first kappa shape index (κ1) is 27.6. The second kappa shape index (κ2) is 11.8. The van der Waals surface area contributed by atoms with E-state index in [9.17, 15) is 22.8 Å². The van der Waals surface area contributed by atoms with Crippen LogP contribution in [0.2, 0.25) is 0 Å². The average Bonchev–Trinajstić information content (AvgIpc) is 2.86. The third-order valence-electron chi connectivity index (χ3n) is 6.72. The molecule has 2 fully saturated rings. The molecule has 0 atom stereocenters. The summed E-state index contributed by atoms with van der Waals surface area (Å²) in [5, 5.41) is 9.36. The van der Waals surface area contributed by atoms with E-state index in [0.717, 1.165) is 0 Å². The van der Waals surface area contributed by atoms with Gasteiger partial charge in [0.1, 0.15) is 0 Å². The summed E-state index contributed by atoms with van der Waals surface area (Å²) >= 11 is 0. The molecule has 198 valence electrons. The molecule has 35 heavy (non-hydrogen) atoms. The molecule has 3 rings (SSSR count). The lowest BCUT2D eigenvalue weighted by Crippen LogP contribution is -2.63. The van der Waals surface area contributed by atoms with Crippen molar-refractivity contribution < 1.29 is 32.3 Å². The third-order valence-corrected chi connectivity index (χ3v) is 9.34. The van der Waals surface area contributed by atoms with Gasteiger partial charge in [-0.1, -0.05) is 13.8 Å². The Labute approximate surface area is 207 Å². The number of methoxy groups -OCH3 is 1. The summed E-state index contributed by atoms with van der Waals surface area (Å²) in [5.41, 5.74) is 2.23. The van der Waals surface area contributed by atoms with Gasteiger partial charge in [0, 0.05) is 64.7 Å². The van der Waals surface area contributed by atoms with Gasteiger partial charge in [0.25, 0.3) is 5.91 Å². The summed E-state index contributed by atoms with van der Waals surface area (Å²) in [4.78, 5) is 16.6. The van der Waals surface area contributed by atoms with Crippen LogP contribution in [-0.2, 0) is 19.6 Å². The van der Waals surface area contributed by atoms with Gasteiger partial charge in [0.2, 0.25) is 10.0 Å². The minimum absolute atomic E-state index is 0.0781. The van der Waals surface area contributed by atoms with E-state index in [2.05, 4.69) is 0 Å². The number of hydroxylamine groups is 1. The SMILES string of the molecule is COCCN1CCC(C(=O)NO)(S(=O)(=O)N2CCN(c3ccc(OCC(C)C)c(F)c3)CC2)CC1. The number of piperazine rings is 1. The number of anilines is 1. The number of nitrogens with zero attached hydrogens (tertiary/aromatic N) is 3. The summed E-state index contributed by atoms with van der Waals surface area (Å²) in [6.07, 6.45) is 0.156. The maximum Gasteiger partial charge on any atom is 0.266 e. The van der Waals surface area contributed by atoms with Crippen molar-refractivity contribution in [3.8, 4) is 5.75 Å². The van der Waals surface area contributed by atoms with Gasteiger partial charge in [-0.15, -0.1) is 0 Å². The van der Waals surface area contributed by atoms with E-state index in [1.165, 1.54) is 10.4 Å². The number of halogens is 1. The van der Waals surface area contributed by atoms with Crippen molar-refractivity contribution in [2.24, 2.45) is 5.92 Å². The summed E-state index contributed by atoms with van der Waals surface area (Å²) in [7, 11) is -2.46. The number of benzene rings is 1. The predicted molar refractivity (Wildman–Crippen MR) is 130 cm³/mol. The highest BCUT2D eigenvalue weighted by Gasteiger charge is 2.55. The normalized spacial score (nSPS) is 19.7. The van der Waals surface area contributed by atoms with E-state index in [1.807, 2.05) is 23.6 Å². The van der Waals surface area contributed by atoms with Crippen molar-refractivity contribution in [3.05, 3.63) is 24.0 Å². The summed E-state index contributed by atoms with van der Waals surface area (Å²) < 4.78 is 52.0. The molecule has 0 radical (unpaired) electrons. The van der Waals surface area contributed by atoms with Crippen LogP contribution in [0.4, 0.5) is 10.1 Å². The quantitative estimate of drug-likeness (QED) is 0.354. The van der Waals surface area contributed by atoms with Crippen molar-refractivity contribution in [1.82, 2.24) is 14.7 Å². The maximum atomic E-state index is 14.5. The lowest BCUT2D eigenvalue weighted by Gasteiger charge is -2.44. The van der Waals surface area contributed by atoms with Crippen molar-refractivity contribution in [2.75, 3.05) is 71.0 Å². The lowest BCUT2D eigenvalue weighted by atomic mass is 9.95. The van der Waals surface area contributed by atoms with E-state index in [4.69, 9.17) is 9.47 Å². The Balaban J connectivity index is 1.68. The lowest BCUT2D eigenvalue weighted by molar-refractivity contribution is -0.133. The van der Waals surface area contributed by atoms with E-state index in [1.54, 1.807) is 24.7 Å². The first-order chi connectivity index (χ1) is 16.6. The summed E-state index contributed by atoms with van der Waals surface area (Å²) in [5.74, 6) is -0.891. The van der Waals surface area contributed by atoms with E-state index in [0.29, 0.717) is 51.6 Å². The fourth-order valence-electron chi connectivity index (χ4n) is 4.56. The second-order valence-electron chi connectivity index (χ2n) is 9.48. The van der Waals surface area contributed by atoms with Gasteiger partial charge in [0.15, 0.2) is 16.3 Å². The molecular formula is C23H37FN4O6S. The molecule has 0 bridgehead atoms. The van der Waals surface area contributed by atoms with E-state index in [-0.39, 0.29) is 37.6 Å². The van der Waals surface area contributed by atoms with Crippen LogP contribution >= 0.6 is 0 Å². The number of nitrogens with one attached hydrogen (secondary N) is 1. The standard InChI is InChI=1S/C23H37FN4O6S/c1-18(2)17-34-21-5-4-19(16-20(21)24)27-10-12-28(13-11-27)35(31,32)23(22(29)25-30)6-8-26(9-7-23)14-15-33-3/h4-5,16,18,30H,6-15,17H2,1-3H3,(H,25,29). The summed E-state index contributed by atoms with van der Waals surface area (Å²) in [6.45, 7) is 7.36. The van der Waals surface area contributed by atoms with Gasteiger partial charge in [0.05, 0.1) is 13.2 Å². The molecule has 1 aromatic rings. The van der Waals surface area contributed by atoms with Crippen LogP contribution in [-0.4, -0.2) is 99.6 Å². The number of hydrogen-bond donors (Lipinski definition) is 2. The van der Waals surface area contributed by atoms with Gasteiger partial charge in [-0.25, -0.2) is 18.3 Å². The van der Waals surface area contributed by atoms with Crippen LogP contribution < -0.4 is 15.1 Å². The van der Waals surface area contributed by atoms with Crippen LogP contribution in [0, 0.1) is 11.7 Å². The van der Waals surface area contributed by atoms with Crippen molar-refractivity contribution in [1.29, 1.82) is 0 Å². The van der Waals surface area contributed by atoms with Crippen molar-refractivity contribution in [2.45, 2.75) is 31.4 Å². The number of hydrogen-bond acceptors (Lipinski definition) is 8. The number of sulfonamides is 1. The average molecular weight is 517 g/mol. The number of carbonyl (C=O) groups excluding carboxylic acids is 1. The molecule has 0 aliphatic carbocycles. The zero-order valence-corrected chi connectivity index (χ0v) is 21.5. The zero-order chi connectivity index (χ0) is 25.6. The van der Waals surface area contributed by atoms with Gasteiger partial charge in [-0.3, -0.25) is 10.0 Å². The molecular weight excluding hydrogens is 479 g/mol. The van der Waals surface area contributed by atoms with Gasteiger partial charge >= 0.3 is 0 Å². The maximum absolute atomic E-state index is 14.5. The molecule has 2 N–H and O–H groups in total. The van der Waals surface area contributed by atoms with Crippen molar-refractivity contribution >= 4 is 21.6 Å². The molecule has 2 heterocycles. The molecule has 0 aromatic heterocycles. The Kier molecular flexibility index (Phi) is 9.33. The number of amides is 1.